The number of benzene rings is 1. The molecule has 1 atom stereocenters. The van der Waals surface area contributed by atoms with Crippen LogP contribution in [-0.4, -0.2) is 54.4 Å². The highest BCUT2D eigenvalue weighted by atomic mass is 16.7. The molecule has 1 unspecified atom stereocenters. The minimum absolute atomic E-state index is 0.329. The molecule has 7 heteroatoms. The fourth-order valence-electron chi connectivity index (χ4n) is 3.87. The lowest BCUT2D eigenvalue weighted by atomic mass is 10.00. The highest BCUT2D eigenvalue weighted by Crippen LogP contribution is 2.33. The van der Waals surface area contributed by atoms with Gasteiger partial charge in [0.2, 0.25) is 12.7 Å². The van der Waals surface area contributed by atoms with E-state index in [4.69, 9.17) is 15.2 Å². The fraction of sp³-hybridized carbons (Fsp3) is 0.500. The normalized spacial score (nSPS) is 17.9. The average molecular weight is 369 g/mol. The van der Waals surface area contributed by atoms with Gasteiger partial charge in [-0.2, -0.15) is 4.98 Å². The van der Waals surface area contributed by atoms with Crippen LogP contribution in [0.1, 0.15) is 18.2 Å². The van der Waals surface area contributed by atoms with Crippen LogP contribution >= 0.6 is 0 Å². The third kappa shape index (κ3) is 4.24. The van der Waals surface area contributed by atoms with Crippen molar-refractivity contribution in [2.45, 2.75) is 20.3 Å². The molecule has 0 saturated carbocycles. The lowest BCUT2D eigenvalue weighted by molar-refractivity contribution is 0.174. The molecule has 1 aromatic heterocycles. The molecule has 1 aromatic carbocycles. The first kappa shape index (κ1) is 17.9. The van der Waals surface area contributed by atoms with E-state index in [0.717, 1.165) is 62.2 Å². The second-order valence-corrected chi connectivity index (χ2v) is 7.51. The van der Waals surface area contributed by atoms with Gasteiger partial charge in [-0.15, -0.1) is 0 Å². The van der Waals surface area contributed by atoms with Gasteiger partial charge in [-0.25, -0.2) is 4.98 Å². The number of ether oxygens (including phenoxy) is 2. The summed E-state index contributed by atoms with van der Waals surface area (Å²) in [6, 6.07) is 8.27. The Morgan fingerprint density at radius 3 is 2.63 bits per heavy atom. The maximum atomic E-state index is 5.79. The number of anilines is 2. The van der Waals surface area contributed by atoms with Gasteiger partial charge in [0.15, 0.2) is 11.5 Å². The molecule has 0 amide bonds. The number of nitrogens with zero attached hydrogens (tertiary/aromatic N) is 4. The van der Waals surface area contributed by atoms with Crippen molar-refractivity contribution < 1.29 is 9.47 Å². The summed E-state index contributed by atoms with van der Waals surface area (Å²) in [4.78, 5) is 13.4. The van der Waals surface area contributed by atoms with Gasteiger partial charge in [0.05, 0.1) is 0 Å². The Labute approximate surface area is 160 Å². The quantitative estimate of drug-likeness (QED) is 0.865. The zero-order valence-electron chi connectivity index (χ0n) is 16.0. The molecule has 3 heterocycles. The van der Waals surface area contributed by atoms with E-state index in [-0.39, 0.29) is 0 Å². The van der Waals surface area contributed by atoms with Crippen LogP contribution in [0.2, 0.25) is 0 Å². The van der Waals surface area contributed by atoms with Gasteiger partial charge in [-0.1, -0.05) is 13.0 Å². The Morgan fingerprint density at radius 1 is 1.07 bits per heavy atom. The van der Waals surface area contributed by atoms with E-state index in [0.29, 0.717) is 18.7 Å². The molecule has 1 saturated heterocycles. The summed E-state index contributed by atoms with van der Waals surface area (Å²) < 4.78 is 10.9. The molecule has 144 valence electrons. The molecule has 1 fully saturated rings. The number of hydrogen-bond donors (Lipinski definition) is 1. The first-order chi connectivity index (χ1) is 13.1. The Hall–Kier alpha value is -2.54. The molecular weight excluding hydrogens is 342 g/mol. The highest BCUT2D eigenvalue weighted by molar-refractivity contribution is 5.45. The average Bonchev–Trinajstić information content (AvgIpc) is 3.09. The van der Waals surface area contributed by atoms with Crippen molar-refractivity contribution in [3.05, 3.63) is 35.5 Å². The number of aromatic nitrogens is 2. The molecule has 7 nitrogen and oxygen atoms in total. The minimum Gasteiger partial charge on any atom is -0.454 e. The first-order valence-electron chi connectivity index (χ1n) is 9.54. The Morgan fingerprint density at radius 2 is 1.85 bits per heavy atom. The van der Waals surface area contributed by atoms with Crippen LogP contribution in [0.4, 0.5) is 11.8 Å². The zero-order valence-corrected chi connectivity index (χ0v) is 16.0. The summed E-state index contributed by atoms with van der Waals surface area (Å²) >= 11 is 0. The number of rotatable bonds is 5. The van der Waals surface area contributed by atoms with Gasteiger partial charge in [0.25, 0.3) is 0 Å². The SMILES string of the molecule is Cc1cc(N2CCN(CC(C)Cc3ccc4c(c3)OCO4)CC2)nc(N)n1. The molecule has 2 aliphatic heterocycles. The number of piperazine rings is 1. The fourth-order valence-corrected chi connectivity index (χ4v) is 3.87. The van der Waals surface area contributed by atoms with Crippen LogP contribution in [-0.2, 0) is 6.42 Å². The van der Waals surface area contributed by atoms with E-state index in [1.54, 1.807) is 0 Å². The lowest BCUT2D eigenvalue weighted by Gasteiger charge is -2.36. The van der Waals surface area contributed by atoms with Crippen LogP contribution in [0, 0.1) is 12.8 Å². The van der Waals surface area contributed by atoms with Crippen LogP contribution in [0.25, 0.3) is 0 Å². The summed E-state index contributed by atoms with van der Waals surface area (Å²) in [5, 5.41) is 0. The maximum absolute atomic E-state index is 5.79. The topological polar surface area (TPSA) is 76.7 Å². The minimum atomic E-state index is 0.329. The van der Waals surface area contributed by atoms with E-state index in [2.05, 4.69) is 38.8 Å². The van der Waals surface area contributed by atoms with Gasteiger partial charge < -0.3 is 20.1 Å². The van der Waals surface area contributed by atoms with E-state index in [1.165, 1.54) is 5.56 Å². The molecule has 2 aromatic rings. The van der Waals surface area contributed by atoms with Crippen LogP contribution < -0.4 is 20.1 Å². The molecule has 0 spiro atoms. The summed E-state index contributed by atoms with van der Waals surface area (Å²) in [5.74, 6) is 3.59. The Kier molecular flexibility index (Phi) is 5.03. The van der Waals surface area contributed by atoms with Crippen molar-refractivity contribution >= 4 is 11.8 Å². The molecule has 0 bridgehead atoms. The van der Waals surface area contributed by atoms with Crippen LogP contribution in [0.5, 0.6) is 11.5 Å². The number of fused-ring (bicyclic) bond motifs is 1. The maximum Gasteiger partial charge on any atom is 0.231 e. The van der Waals surface area contributed by atoms with Crippen molar-refractivity contribution in [3.8, 4) is 11.5 Å². The second kappa shape index (κ2) is 7.60. The molecule has 0 aliphatic carbocycles. The number of nitrogens with two attached hydrogens (primary N) is 1. The summed E-state index contributed by atoms with van der Waals surface area (Å²) in [5.41, 5.74) is 8.01. The zero-order chi connectivity index (χ0) is 18.8. The number of nitrogen functional groups attached to an aromatic ring is 1. The van der Waals surface area contributed by atoms with E-state index < -0.39 is 0 Å². The predicted molar refractivity (Wildman–Crippen MR) is 105 cm³/mol. The number of aryl methyl sites for hydroxylation is 1. The van der Waals surface area contributed by atoms with Crippen LogP contribution in [0.3, 0.4) is 0 Å². The van der Waals surface area contributed by atoms with Crippen LogP contribution in [0.15, 0.2) is 24.3 Å². The van der Waals surface area contributed by atoms with E-state index in [1.807, 2.05) is 19.1 Å². The molecule has 4 rings (SSSR count). The summed E-state index contributed by atoms with van der Waals surface area (Å²) in [6.45, 7) is 9.69. The molecule has 0 radical (unpaired) electrons. The molecule has 2 aliphatic rings. The Balaban J connectivity index is 1.28. The molecular formula is C20H27N5O2. The number of hydrogen-bond acceptors (Lipinski definition) is 7. The standard InChI is InChI=1S/C20H27N5O2/c1-14(9-16-3-4-17-18(11-16)27-13-26-17)12-24-5-7-25(8-6-24)19-10-15(2)22-20(21)23-19/h3-4,10-11,14H,5-9,12-13H2,1-2H3,(H2,21,22,23). The van der Waals surface area contributed by atoms with Crippen molar-refractivity contribution in [2.75, 3.05) is 50.2 Å². The second-order valence-electron chi connectivity index (χ2n) is 7.51. The van der Waals surface area contributed by atoms with Gasteiger partial charge in [0, 0.05) is 44.5 Å². The van der Waals surface area contributed by atoms with Gasteiger partial charge in [-0.3, -0.25) is 4.90 Å². The van der Waals surface area contributed by atoms with Gasteiger partial charge in [-0.05, 0) is 37.0 Å². The monoisotopic (exact) mass is 369 g/mol. The van der Waals surface area contributed by atoms with Crippen molar-refractivity contribution in [3.63, 3.8) is 0 Å². The highest BCUT2D eigenvalue weighted by Gasteiger charge is 2.21. The largest absolute Gasteiger partial charge is 0.454 e. The Bertz CT molecular complexity index is 785. The molecule has 27 heavy (non-hydrogen) atoms. The van der Waals surface area contributed by atoms with Gasteiger partial charge in [0.1, 0.15) is 5.82 Å². The third-order valence-electron chi connectivity index (χ3n) is 5.15. The third-order valence-corrected chi connectivity index (χ3v) is 5.15. The smallest absolute Gasteiger partial charge is 0.231 e. The van der Waals surface area contributed by atoms with Crippen molar-refractivity contribution in [1.29, 1.82) is 0 Å². The van der Waals surface area contributed by atoms with Gasteiger partial charge >= 0.3 is 0 Å². The first-order valence-corrected chi connectivity index (χ1v) is 9.54. The van der Waals surface area contributed by atoms with E-state index in [9.17, 15) is 0 Å². The lowest BCUT2D eigenvalue weighted by Crippen LogP contribution is -2.48. The van der Waals surface area contributed by atoms with E-state index >= 15 is 0 Å². The summed E-state index contributed by atoms with van der Waals surface area (Å²) in [6.07, 6.45) is 1.04. The predicted octanol–water partition coefficient (Wildman–Crippen LogP) is 2.10. The molecule has 2 N–H and O–H groups in total. The van der Waals surface area contributed by atoms with Crippen molar-refractivity contribution in [1.82, 2.24) is 14.9 Å². The van der Waals surface area contributed by atoms with Crippen molar-refractivity contribution in [2.24, 2.45) is 5.92 Å². The summed E-state index contributed by atoms with van der Waals surface area (Å²) in [7, 11) is 0.